The van der Waals surface area contributed by atoms with Crippen molar-refractivity contribution < 1.29 is 14.6 Å². The quantitative estimate of drug-likeness (QED) is 0.266. The van der Waals surface area contributed by atoms with Crippen LogP contribution in [0.15, 0.2) is 121 Å². The predicted molar refractivity (Wildman–Crippen MR) is 148 cm³/mol. The first-order chi connectivity index (χ1) is 18.6. The van der Waals surface area contributed by atoms with Gasteiger partial charge in [-0.05, 0) is 52.6 Å². The number of nitrogens with zero attached hydrogens (tertiary/aromatic N) is 1. The van der Waals surface area contributed by atoms with Crippen LogP contribution in [0.5, 0.6) is 5.75 Å². The molecule has 1 aliphatic heterocycles. The van der Waals surface area contributed by atoms with E-state index in [1.807, 2.05) is 42.5 Å². The highest BCUT2D eigenvalue weighted by molar-refractivity contribution is 5.99. The van der Waals surface area contributed by atoms with Crippen LogP contribution in [0.1, 0.15) is 38.2 Å². The molecule has 38 heavy (non-hydrogen) atoms. The van der Waals surface area contributed by atoms with Gasteiger partial charge in [-0.1, -0.05) is 91.0 Å². The molecule has 5 aromatic rings. The number of fused-ring (bicyclic) bond motifs is 7. The second kappa shape index (κ2) is 8.63. The van der Waals surface area contributed by atoms with E-state index in [0.29, 0.717) is 5.56 Å². The summed E-state index contributed by atoms with van der Waals surface area (Å²) in [4.78, 5) is 15.4. The van der Waals surface area contributed by atoms with E-state index in [9.17, 15) is 9.90 Å². The molecule has 0 fully saturated rings. The van der Waals surface area contributed by atoms with Gasteiger partial charge in [0.1, 0.15) is 5.75 Å². The normalized spacial score (nSPS) is 16.6. The molecule has 0 saturated heterocycles. The van der Waals surface area contributed by atoms with Gasteiger partial charge in [0, 0.05) is 35.5 Å². The Hall–Kier alpha value is -4.83. The van der Waals surface area contributed by atoms with E-state index in [1.54, 1.807) is 12.1 Å². The third-order valence-electron chi connectivity index (χ3n) is 7.62. The van der Waals surface area contributed by atoms with E-state index in [0.717, 1.165) is 46.6 Å². The third kappa shape index (κ3) is 3.41. The Morgan fingerprint density at radius 2 is 1.16 bits per heavy atom. The Labute approximate surface area is 221 Å². The van der Waals surface area contributed by atoms with Crippen molar-refractivity contribution in [2.45, 2.75) is 18.7 Å². The van der Waals surface area contributed by atoms with Gasteiger partial charge in [0.05, 0.1) is 5.56 Å². The fourth-order valence-corrected chi connectivity index (χ4v) is 5.93. The molecule has 4 heteroatoms. The van der Waals surface area contributed by atoms with E-state index in [1.165, 1.54) is 11.1 Å². The van der Waals surface area contributed by atoms with E-state index in [4.69, 9.17) is 4.74 Å². The molecule has 0 radical (unpaired) electrons. The van der Waals surface area contributed by atoms with Crippen LogP contribution in [-0.2, 0) is 23.4 Å². The van der Waals surface area contributed by atoms with Gasteiger partial charge in [-0.2, -0.15) is 0 Å². The Balaban J connectivity index is 1.39. The second-order valence-electron chi connectivity index (χ2n) is 9.90. The molecular weight excluding hydrogens is 470 g/mol. The molecule has 7 rings (SSSR count). The summed E-state index contributed by atoms with van der Waals surface area (Å²) in [6, 6.07) is 40.2. The van der Waals surface area contributed by atoms with Crippen molar-refractivity contribution >= 4 is 11.7 Å². The lowest BCUT2D eigenvalue weighted by Gasteiger charge is -2.28. The number of esters is 1. The summed E-state index contributed by atoms with van der Waals surface area (Å²) in [5, 5.41) is 10.5. The summed E-state index contributed by atoms with van der Waals surface area (Å²) in [5.41, 5.74) is 7.53. The van der Waals surface area contributed by atoms with Crippen molar-refractivity contribution in [3.8, 4) is 16.9 Å². The highest BCUT2D eigenvalue weighted by Gasteiger charge is 2.54. The fraction of sp³-hybridized carbons (Fsp3) is 0.0882. The second-order valence-corrected chi connectivity index (χ2v) is 9.90. The molecule has 1 unspecified atom stereocenters. The summed E-state index contributed by atoms with van der Waals surface area (Å²) in [6.07, 6.45) is 0. The highest BCUT2D eigenvalue weighted by Crippen LogP contribution is 2.57. The average Bonchev–Trinajstić information content (AvgIpc) is 3.40. The first-order valence-electron chi connectivity index (χ1n) is 12.8. The number of rotatable bonds is 5. The van der Waals surface area contributed by atoms with Gasteiger partial charge in [-0.15, -0.1) is 0 Å². The predicted octanol–water partition coefficient (Wildman–Crippen LogP) is 7.04. The van der Waals surface area contributed by atoms with Crippen LogP contribution in [0.25, 0.3) is 11.1 Å². The maximum atomic E-state index is 13.0. The molecule has 4 nitrogen and oxygen atoms in total. The molecule has 0 aromatic heterocycles. The Kier molecular flexibility index (Phi) is 5.08. The highest BCUT2D eigenvalue weighted by atomic mass is 16.6. The molecule has 1 N–H and O–H groups in total. The molecule has 0 saturated carbocycles. The lowest BCUT2D eigenvalue weighted by Crippen LogP contribution is -2.27. The van der Waals surface area contributed by atoms with Crippen LogP contribution in [0.2, 0.25) is 0 Å². The largest absolute Gasteiger partial charge is 0.508 e. The standard InChI is InChI=1S/C34H25NO3/c36-26-16-18-32-29(20-26)28-19-25(15-17-31(28)34(32)30-14-8-7-13-27(30)33(37)38-34)35(21-23-9-3-1-4-10-23)22-24-11-5-2-6-12-24/h1-20,36H,21-22H2. The van der Waals surface area contributed by atoms with E-state index in [-0.39, 0.29) is 11.7 Å². The number of phenolic OH excluding ortho intramolecular Hbond substituents is 1. The zero-order chi connectivity index (χ0) is 25.7. The summed E-state index contributed by atoms with van der Waals surface area (Å²) in [7, 11) is 0. The number of aromatic hydroxyl groups is 1. The number of benzene rings is 5. The first kappa shape index (κ1) is 22.4. The Bertz CT molecular complexity index is 1640. The maximum Gasteiger partial charge on any atom is 0.340 e. The molecule has 0 bridgehead atoms. The minimum Gasteiger partial charge on any atom is -0.508 e. The van der Waals surface area contributed by atoms with Gasteiger partial charge in [0.25, 0.3) is 0 Å². The first-order valence-corrected chi connectivity index (χ1v) is 12.8. The summed E-state index contributed by atoms with van der Waals surface area (Å²) in [5.74, 6) is -0.147. The number of anilines is 1. The van der Waals surface area contributed by atoms with Gasteiger partial charge in [-0.3, -0.25) is 0 Å². The average molecular weight is 496 g/mol. The number of phenols is 1. The topological polar surface area (TPSA) is 49.8 Å². The van der Waals surface area contributed by atoms with Gasteiger partial charge < -0.3 is 14.7 Å². The molecule has 2 aliphatic rings. The van der Waals surface area contributed by atoms with Gasteiger partial charge >= 0.3 is 5.97 Å². The number of carbonyl (C=O) groups is 1. The molecule has 1 spiro atoms. The van der Waals surface area contributed by atoms with Crippen LogP contribution in [0, 0.1) is 0 Å². The fourth-order valence-electron chi connectivity index (χ4n) is 5.93. The molecule has 1 atom stereocenters. The maximum absolute atomic E-state index is 13.0. The lowest BCUT2D eigenvalue weighted by molar-refractivity contribution is 0.0264. The van der Waals surface area contributed by atoms with Crippen molar-refractivity contribution in [1.29, 1.82) is 0 Å². The van der Waals surface area contributed by atoms with E-state index in [2.05, 4.69) is 71.6 Å². The monoisotopic (exact) mass is 495 g/mol. The smallest absolute Gasteiger partial charge is 0.340 e. The van der Waals surface area contributed by atoms with Crippen LogP contribution < -0.4 is 4.90 Å². The molecule has 0 amide bonds. The minimum absolute atomic E-state index is 0.181. The number of hydrogen-bond acceptors (Lipinski definition) is 4. The van der Waals surface area contributed by atoms with Crippen molar-refractivity contribution in [2.75, 3.05) is 4.90 Å². The van der Waals surface area contributed by atoms with E-state index < -0.39 is 5.60 Å². The summed E-state index contributed by atoms with van der Waals surface area (Å²) < 4.78 is 6.23. The van der Waals surface area contributed by atoms with Crippen molar-refractivity contribution in [3.05, 3.63) is 155 Å². The van der Waals surface area contributed by atoms with Crippen molar-refractivity contribution in [1.82, 2.24) is 0 Å². The van der Waals surface area contributed by atoms with Crippen LogP contribution in [0.4, 0.5) is 5.69 Å². The molecule has 1 aliphatic carbocycles. The number of carbonyl (C=O) groups excluding carboxylic acids is 1. The van der Waals surface area contributed by atoms with Crippen LogP contribution in [0.3, 0.4) is 0 Å². The lowest BCUT2D eigenvalue weighted by atomic mass is 9.83. The zero-order valence-electron chi connectivity index (χ0n) is 20.7. The van der Waals surface area contributed by atoms with Crippen molar-refractivity contribution in [3.63, 3.8) is 0 Å². The van der Waals surface area contributed by atoms with Gasteiger partial charge in [0.15, 0.2) is 5.60 Å². The summed E-state index contributed by atoms with van der Waals surface area (Å²) >= 11 is 0. The molecular formula is C34H25NO3. The van der Waals surface area contributed by atoms with Gasteiger partial charge in [-0.25, -0.2) is 4.79 Å². The molecule has 5 aromatic carbocycles. The Morgan fingerprint density at radius 3 is 1.84 bits per heavy atom. The minimum atomic E-state index is -1.02. The van der Waals surface area contributed by atoms with Crippen molar-refractivity contribution in [2.24, 2.45) is 0 Å². The summed E-state index contributed by atoms with van der Waals surface area (Å²) in [6.45, 7) is 1.48. The molecule has 1 heterocycles. The van der Waals surface area contributed by atoms with Crippen LogP contribution in [-0.4, -0.2) is 11.1 Å². The number of ether oxygens (including phenoxy) is 1. The zero-order valence-corrected chi connectivity index (χ0v) is 20.7. The number of hydrogen-bond donors (Lipinski definition) is 1. The molecule has 184 valence electrons. The van der Waals surface area contributed by atoms with Crippen LogP contribution >= 0.6 is 0 Å². The van der Waals surface area contributed by atoms with Gasteiger partial charge in [0.2, 0.25) is 0 Å². The SMILES string of the molecule is O=C1OC2(c3ccccc31)c1ccc(O)cc1-c1cc(N(Cc3ccccc3)Cc3ccccc3)ccc12. The van der Waals surface area contributed by atoms with E-state index >= 15 is 0 Å². The Morgan fingerprint density at radius 1 is 0.605 bits per heavy atom. The third-order valence-corrected chi connectivity index (χ3v) is 7.62.